The van der Waals surface area contributed by atoms with E-state index in [9.17, 15) is 4.79 Å². The van der Waals surface area contributed by atoms with Crippen LogP contribution in [0.4, 0.5) is 5.69 Å². The van der Waals surface area contributed by atoms with Crippen LogP contribution in [0, 0.1) is 0 Å². The van der Waals surface area contributed by atoms with Gasteiger partial charge in [-0.2, -0.15) is 0 Å². The molecule has 4 rings (SSSR count). The molecular weight excluding hydrogens is 332 g/mol. The molecule has 5 nitrogen and oxygen atoms in total. The highest BCUT2D eigenvalue weighted by molar-refractivity contribution is 8.00. The number of rotatable bonds is 4. The van der Waals surface area contributed by atoms with E-state index in [4.69, 9.17) is 0 Å². The number of fused-ring (bicyclic) bond motifs is 3. The molecule has 0 saturated heterocycles. The normalized spacial score (nSPS) is 12.4. The highest BCUT2D eigenvalue weighted by atomic mass is 32.2. The van der Waals surface area contributed by atoms with E-state index in [1.54, 1.807) is 0 Å². The second-order valence-electron chi connectivity index (χ2n) is 5.68. The first kappa shape index (κ1) is 15.7. The summed E-state index contributed by atoms with van der Waals surface area (Å²) in [4.78, 5) is 12.4. The molecule has 1 atom stereocenters. The van der Waals surface area contributed by atoms with Crippen molar-refractivity contribution >= 4 is 39.9 Å². The van der Waals surface area contributed by atoms with E-state index in [1.165, 1.54) is 11.8 Å². The van der Waals surface area contributed by atoms with Crippen LogP contribution < -0.4 is 5.32 Å². The molecule has 1 N–H and O–H groups in total. The first-order chi connectivity index (χ1) is 12.2. The van der Waals surface area contributed by atoms with Crippen LogP contribution in [0.3, 0.4) is 0 Å². The molecule has 0 radical (unpaired) electrons. The van der Waals surface area contributed by atoms with E-state index in [0.717, 1.165) is 22.2 Å². The number of hydrogen-bond acceptors (Lipinski definition) is 4. The number of nitrogens with one attached hydrogen (secondary N) is 1. The number of carbonyl (C=O) groups is 1. The Morgan fingerprint density at radius 1 is 1.00 bits per heavy atom. The molecule has 25 heavy (non-hydrogen) atoms. The summed E-state index contributed by atoms with van der Waals surface area (Å²) in [7, 11) is 0. The first-order valence-corrected chi connectivity index (χ1v) is 8.86. The molecule has 4 aromatic rings. The van der Waals surface area contributed by atoms with Gasteiger partial charge in [0.15, 0.2) is 10.8 Å². The lowest BCUT2D eigenvalue weighted by atomic mass is 10.2. The molecule has 0 saturated carbocycles. The summed E-state index contributed by atoms with van der Waals surface area (Å²) in [5.41, 5.74) is 2.59. The van der Waals surface area contributed by atoms with Crippen LogP contribution in [0.5, 0.6) is 0 Å². The minimum absolute atomic E-state index is 0.0619. The zero-order chi connectivity index (χ0) is 17.2. The van der Waals surface area contributed by atoms with E-state index in [2.05, 4.69) is 21.6 Å². The van der Waals surface area contributed by atoms with Gasteiger partial charge in [-0.15, -0.1) is 10.2 Å². The van der Waals surface area contributed by atoms with Crippen LogP contribution >= 0.6 is 11.8 Å². The van der Waals surface area contributed by atoms with Crippen LogP contribution in [0.25, 0.3) is 16.6 Å². The lowest BCUT2D eigenvalue weighted by Crippen LogP contribution is -2.22. The topological polar surface area (TPSA) is 59.3 Å². The molecule has 124 valence electrons. The molecule has 0 fully saturated rings. The quantitative estimate of drug-likeness (QED) is 0.566. The molecule has 1 amide bonds. The maximum atomic E-state index is 12.4. The third-order valence-corrected chi connectivity index (χ3v) is 4.98. The summed E-state index contributed by atoms with van der Waals surface area (Å²) in [5.74, 6) is -0.0619. The third-order valence-electron chi connectivity index (χ3n) is 3.94. The number of hydrogen-bond donors (Lipinski definition) is 1. The molecular formula is C19H16N4OS. The lowest BCUT2D eigenvalue weighted by molar-refractivity contribution is -0.115. The first-order valence-electron chi connectivity index (χ1n) is 7.98. The van der Waals surface area contributed by atoms with Crippen LogP contribution in [0.15, 0.2) is 71.9 Å². The summed E-state index contributed by atoms with van der Waals surface area (Å²) in [5, 5.41) is 12.9. The SMILES string of the molecule is C[C@H](Sc1nnc2ccc3ccccc3n12)C(=O)Nc1ccccc1. The summed E-state index contributed by atoms with van der Waals surface area (Å²) in [6.07, 6.45) is 0. The maximum absolute atomic E-state index is 12.4. The molecule has 0 unspecified atom stereocenters. The summed E-state index contributed by atoms with van der Waals surface area (Å²) in [6, 6.07) is 21.5. The van der Waals surface area contributed by atoms with Crippen molar-refractivity contribution in [2.24, 2.45) is 0 Å². The van der Waals surface area contributed by atoms with E-state index in [0.29, 0.717) is 5.16 Å². The van der Waals surface area contributed by atoms with Crippen molar-refractivity contribution in [1.29, 1.82) is 0 Å². The van der Waals surface area contributed by atoms with Gasteiger partial charge < -0.3 is 5.32 Å². The molecule has 2 aromatic heterocycles. The second-order valence-corrected chi connectivity index (χ2v) is 6.99. The fourth-order valence-corrected chi connectivity index (χ4v) is 3.53. The Kier molecular flexibility index (Phi) is 4.11. The molecule has 0 aliphatic carbocycles. The number of anilines is 1. The van der Waals surface area contributed by atoms with Gasteiger partial charge in [0.05, 0.1) is 10.8 Å². The Balaban J connectivity index is 1.62. The summed E-state index contributed by atoms with van der Waals surface area (Å²) >= 11 is 1.40. The van der Waals surface area contributed by atoms with Crippen molar-refractivity contribution in [3.63, 3.8) is 0 Å². The number of amides is 1. The monoisotopic (exact) mass is 348 g/mol. The van der Waals surface area contributed by atoms with Crippen molar-refractivity contribution in [3.05, 3.63) is 66.7 Å². The van der Waals surface area contributed by atoms with Crippen molar-refractivity contribution in [2.45, 2.75) is 17.3 Å². The van der Waals surface area contributed by atoms with Crippen molar-refractivity contribution in [2.75, 3.05) is 5.32 Å². The zero-order valence-corrected chi connectivity index (χ0v) is 14.4. The standard InChI is InChI=1S/C19H16N4OS/c1-13(18(24)20-15-8-3-2-4-9-15)25-19-22-21-17-12-11-14-7-5-6-10-16(14)23(17)19/h2-13H,1H3,(H,20,24)/t13-/m0/s1. The number of nitrogens with zero attached hydrogens (tertiary/aromatic N) is 3. The minimum Gasteiger partial charge on any atom is -0.325 e. The van der Waals surface area contributed by atoms with E-state index < -0.39 is 0 Å². The van der Waals surface area contributed by atoms with Gasteiger partial charge in [-0.1, -0.05) is 48.2 Å². The number of pyridine rings is 1. The van der Waals surface area contributed by atoms with Crippen LogP contribution in [0.2, 0.25) is 0 Å². The van der Waals surface area contributed by atoms with E-state index in [1.807, 2.05) is 72.0 Å². The second kappa shape index (κ2) is 6.57. The average Bonchev–Trinajstić information content (AvgIpc) is 3.06. The molecule has 6 heteroatoms. The van der Waals surface area contributed by atoms with Gasteiger partial charge in [0.1, 0.15) is 0 Å². The molecule has 0 spiro atoms. The van der Waals surface area contributed by atoms with Crippen LogP contribution in [-0.2, 0) is 4.79 Å². The summed E-state index contributed by atoms with van der Waals surface area (Å²) < 4.78 is 1.99. The van der Waals surface area contributed by atoms with E-state index in [-0.39, 0.29) is 11.2 Å². The van der Waals surface area contributed by atoms with Gasteiger partial charge in [0.25, 0.3) is 0 Å². The van der Waals surface area contributed by atoms with Gasteiger partial charge in [-0.3, -0.25) is 9.20 Å². The number of para-hydroxylation sites is 2. The zero-order valence-electron chi connectivity index (χ0n) is 13.6. The third kappa shape index (κ3) is 3.08. The Labute approximate surface area is 149 Å². The van der Waals surface area contributed by atoms with Crippen LogP contribution in [0.1, 0.15) is 6.92 Å². The average molecular weight is 348 g/mol. The van der Waals surface area contributed by atoms with Gasteiger partial charge >= 0.3 is 0 Å². The van der Waals surface area contributed by atoms with Crippen LogP contribution in [-0.4, -0.2) is 25.8 Å². The summed E-state index contributed by atoms with van der Waals surface area (Å²) in [6.45, 7) is 1.87. The molecule has 2 aromatic carbocycles. The molecule has 0 aliphatic rings. The van der Waals surface area contributed by atoms with Gasteiger partial charge in [0.2, 0.25) is 5.91 Å². The van der Waals surface area contributed by atoms with Crippen molar-refractivity contribution in [1.82, 2.24) is 14.6 Å². The Hall–Kier alpha value is -2.86. The fraction of sp³-hybridized carbons (Fsp3) is 0.105. The Bertz CT molecular complexity index is 1050. The highest BCUT2D eigenvalue weighted by Crippen LogP contribution is 2.26. The van der Waals surface area contributed by atoms with Crippen molar-refractivity contribution < 1.29 is 4.79 Å². The Morgan fingerprint density at radius 2 is 1.76 bits per heavy atom. The minimum atomic E-state index is -0.299. The number of aromatic nitrogens is 3. The largest absolute Gasteiger partial charge is 0.325 e. The number of carbonyl (C=O) groups excluding carboxylic acids is 1. The highest BCUT2D eigenvalue weighted by Gasteiger charge is 2.19. The molecule has 0 bridgehead atoms. The fourth-order valence-electron chi connectivity index (χ4n) is 2.67. The van der Waals surface area contributed by atoms with Crippen molar-refractivity contribution in [3.8, 4) is 0 Å². The van der Waals surface area contributed by atoms with Gasteiger partial charge in [0, 0.05) is 5.69 Å². The smallest absolute Gasteiger partial charge is 0.237 e. The maximum Gasteiger partial charge on any atom is 0.237 e. The number of benzene rings is 2. The van der Waals surface area contributed by atoms with Gasteiger partial charge in [-0.25, -0.2) is 0 Å². The predicted octanol–water partition coefficient (Wildman–Crippen LogP) is 4.00. The lowest BCUT2D eigenvalue weighted by Gasteiger charge is -2.11. The molecule has 0 aliphatic heterocycles. The Morgan fingerprint density at radius 3 is 2.60 bits per heavy atom. The number of thioether (sulfide) groups is 1. The van der Waals surface area contributed by atoms with Gasteiger partial charge in [-0.05, 0) is 42.6 Å². The predicted molar refractivity (Wildman–Crippen MR) is 101 cm³/mol. The molecule has 2 heterocycles. The van der Waals surface area contributed by atoms with E-state index >= 15 is 0 Å².